The molecule has 0 aromatic carbocycles. The molecule has 1 atom stereocenters. The van der Waals surface area contributed by atoms with Crippen LogP contribution in [-0.2, 0) is 14.3 Å². The second-order valence-corrected chi connectivity index (χ2v) is 5.29. The van der Waals surface area contributed by atoms with E-state index < -0.39 is 22.8 Å². The van der Waals surface area contributed by atoms with Crippen molar-refractivity contribution in [3.8, 4) is 0 Å². The first-order chi connectivity index (χ1) is 10.8. The minimum absolute atomic E-state index is 0.115. The van der Waals surface area contributed by atoms with E-state index in [1.807, 2.05) is 13.8 Å². The summed E-state index contributed by atoms with van der Waals surface area (Å²) in [5.41, 5.74) is -0.136. The first kappa shape index (κ1) is 18.3. The molecule has 9 nitrogen and oxygen atoms in total. The predicted octanol–water partition coefficient (Wildman–Crippen LogP) is 1.11. The number of hydrogen-bond donors (Lipinski definition) is 2. The van der Waals surface area contributed by atoms with Crippen molar-refractivity contribution in [3.63, 3.8) is 0 Å². The molecule has 9 heteroatoms. The Morgan fingerprint density at radius 3 is 2.57 bits per heavy atom. The molecule has 0 aliphatic rings. The number of rotatable bonds is 8. The van der Waals surface area contributed by atoms with Gasteiger partial charge >= 0.3 is 5.97 Å². The summed E-state index contributed by atoms with van der Waals surface area (Å²) in [7, 11) is 1.26. The monoisotopic (exact) mass is 324 g/mol. The van der Waals surface area contributed by atoms with Crippen LogP contribution in [0, 0.1) is 16.0 Å². The normalized spacial score (nSPS) is 11.7. The number of carbonyl (C=O) groups excluding carboxylic acids is 2. The highest BCUT2D eigenvalue weighted by atomic mass is 16.6. The fraction of sp³-hybridized carbons (Fsp3) is 0.500. The third-order valence-electron chi connectivity index (χ3n) is 2.92. The molecule has 0 saturated carbocycles. The Bertz CT molecular complexity index is 559. The molecule has 126 valence electrons. The number of methoxy groups -OCH3 is 1. The van der Waals surface area contributed by atoms with Gasteiger partial charge in [-0.05, 0) is 18.4 Å². The molecule has 0 bridgehead atoms. The molecule has 0 radical (unpaired) electrons. The van der Waals surface area contributed by atoms with Crippen molar-refractivity contribution in [3.05, 3.63) is 28.4 Å². The maximum absolute atomic E-state index is 11.9. The largest absolute Gasteiger partial charge is 0.467 e. The van der Waals surface area contributed by atoms with Gasteiger partial charge in [-0.3, -0.25) is 14.9 Å². The number of aromatic nitrogens is 1. The first-order valence-corrected chi connectivity index (χ1v) is 7.05. The highest BCUT2D eigenvalue weighted by Gasteiger charge is 2.22. The van der Waals surface area contributed by atoms with Crippen LogP contribution in [0.25, 0.3) is 0 Å². The lowest BCUT2D eigenvalue weighted by atomic mass is 10.0. The number of pyridine rings is 1. The highest BCUT2D eigenvalue weighted by Crippen LogP contribution is 2.11. The molecule has 0 fully saturated rings. The highest BCUT2D eigenvalue weighted by molar-refractivity contribution is 5.86. The lowest BCUT2D eigenvalue weighted by Gasteiger charge is -2.18. The summed E-state index contributed by atoms with van der Waals surface area (Å²) >= 11 is 0. The summed E-state index contributed by atoms with van der Waals surface area (Å²) in [6.45, 7) is 3.75. The van der Waals surface area contributed by atoms with E-state index in [4.69, 9.17) is 0 Å². The van der Waals surface area contributed by atoms with Crippen LogP contribution in [0.5, 0.6) is 0 Å². The van der Waals surface area contributed by atoms with Crippen LogP contribution in [0.3, 0.4) is 0 Å². The van der Waals surface area contributed by atoms with Gasteiger partial charge in [0, 0.05) is 6.07 Å². The van der Waals surface area contributed by atoms with E-state index in [0.717, 1.165) is 6.20 Å². The standard InChI is InChI=1S/C14H20N4O5/c1-9(2)6-11(14(20)23-3)17-13(19)8-16-12-5-4-10(7-15-12)18(21)22/h4-5,7,9,11H,6,8H2,1-3H3,(H,15,16)(H,17,19)/t11-/m0/s1. The topological polar surface area (TPSA) is 123 Å². The van der Waals surface area contributed by atoms with E-state index in [1.165, 1.54) is 19.2 Å². The van der Waals surface area contributed by atoms with E-state index in [2.05, 4.69) is 20.4 Å². The van der Waals surface area contributed by atoms with Crippen LogP contribution in [0.15, 0.2) is 18.3 Å². The molecule has 0 spiro atoms. The molecular formula is C14H20N4O5. The van der Waals surface area contributed by atoms with Gasteiger partial charge in [-0.1, -0.05) is 13.8 Å². The van der Waals surface area contributed by atoms with Gasteiger partial charge in [0.15, 0.2) is 0 Å². The fourth-order valence-corrected chi connectivity index (χ4v) is 1.84. The van der Waals surface area contributed by atoms with Crippen LogP contribution in [-0.4, -0.2) is 41.5 Å². The number of nitro groups is 1. The zero-order valence-electron chi connectivity index (χ0n) is 13.2. The third-order valence-corrected chi connectivity index (χ3v) is 2.92. The van der Waals surface area contributed by atoms with Gasteiger partial charge in [0.1, 0.15) is 18.1 Å². The Kier molecular flexibility index (Phi) is 6.91. The van der Waals surface area contributed by atoms with E-state index in [0.29, 0.717) is 12.2 Å². The van der Waals surface area contributed by atoms with Crippen molar-refractivity contribution in [2.24, 2.45) is 5.92 Å². The number of nitrogens with zero attached hydrogens (tertiary/aromatic N) is 2. The Labute approximate surface area is 133 Å². The molecule has 1 rings (SSSR count). The smallest absolute Gasteiger partial charge is 0.328 e. The quantitative estimate of drug-likeness (QED) is 0.417. The lowest BCUT2D eigenvalue weighted by molar-refractivity contribution is -0.385. The molecule has 2 N–H and O–H groups in total. The van der Waals surface area contributed by atoms with E-state index >= 15 is 0 Å². The predicted molar refractivity (Wildman–Crippen MR) is 82.8 cm³/mol. The zero-order valence-corrected chi connectivity index (χ0v) is 13.2. The molecule has 23 heavy (non-hydrogen) atoms. The van der Waals surface area contributed by atoms with Crippen molar-refractivity contribution in [1.29, 1.82) is 0 Å². The summed E-state index contributed by atoms with van der Waals surface area (Å²) < 4.78 is 4.66. The number of carbonyl (C=O) groups is 2. The Balaban J connectivity index is 2.54. The zero-order chi connectivity index (χ0) is 17.4. The number of amides is 1. The number of nitrogens with one attached hydrogen (secondary N) is 2. The van der Waals surface area contributed by atoms with Crippen molar-refractivity contribution in [2.45, 2.75) is 26.3 Å². The second-order valence-electron chi connectivity index (χ2n) is 5.29. The van der Waals surface area contributed by atoms with Crippen molar-refractivity contribution < 1.29 is 19.2 Å². The van der Waals surface area contributed by atoms with Crippen molar-refractivity contribution in [2.75, 3.05) is 19.0 Å². The summed E-state index contributed by atoms with van der Waals surface area (Å²) in [5, 5.41) is 15.8. The first-order valence-electron chi connectivity index (χ1n) is 7.05. The van der Waals surface area contributed by atoms with Crippen molar-refractivity contribution >= 4 is 23.4 Å². The summed E-state index contributed by atoms with van der Waals surface area (Å²) in [6.07, 6.45) is 1.56. The third kappa shape index (κ3) is 6.29. The molecule has 1 aromatic heterocycles. The van der Waals surface area contributed by atoms with Gasteiger partial charge < -0.3 is 15.4 Å². The average Bonchev–Trinajstić information content (AvgIpc) is 2.51. The maximum atomic E-state index is 11.9. The molecule has 0 aliphatic heterocycles. The minimum Gasteiger partial charge on any atom is -0.467 e. The number of anilines is 1. The molecule has 1 amide bonds. The van der Waals surface area contributed by atoms with E-state index in [1.54, 1.807) is 0 Å². The van der Waals surface area contributed by atoms with Crippen LogP contribution in [0.4, 0.5) is 11.5 Å². The Morgan fingerprint density at radius 2 is 2.09 bits per heavy atom. The van der Waals surface area contributed by atoms with Gasteiger partial charge in [-0.25, -0.2) is 9.78 Å². The molecule has 1 heterocycles. The Morgan fingerprint density at radius 1 is 1.39 bits per heavy atom. The fourth-order valence-electron chi connectivity index (χ4n) is 1.84. The van der Waals surface area contributed by atoms with E-state index in [9.17, 15) is 19.7 Å². The van der Waals surface area contributed by atoms with E-state index in [-0.39, 0.29) is 18.2 Å². The van der Waals surface area contributed by atoms with Crippen LogP contribution < -0.4 is 10.6 Å². The number of ether oxygens (including phenoxy) is 1. The van der Waals surface area contributed by atoms with Gasteiger partial charge in [0.05, 0.1) is 18.6 Å². The van der Waals surface area contributed by atoms with Gasteiger partial charge in [-0.15, -0.1) is 0 Å². The number of esters is 1. The molecule has 1 aromatic rings. The van der Waals surface area contributed by atoms with Gasteiger partial charge in [0.25, 0.3) is 5.69 Å². The average molecular weight is 324 g/mol. The summed E-state index contributed by atoms with van der Waals surface area (Å²) in [4.78, 5) is 37.3. The maximum Gasteiger partial charge on any atom is 0.328 e. The van der Waals surface area contributed by atoms with Crippen LogP contribution >= 0.6 is 0 Å². The van der Waals surface area contributed by atoms with Crippen LogP contribution in [0.1, 0.15) is 20.3 Å². The summed E-state index contributed by atoms with van der Waals surface area (Å²) in [6, 6.07) is 1.97. The second kappa shape index (κ2) is 8.66. The van der Waals surface area contributed by atoms with Gasteiger partial charge in [0.2, 0.25) is 5.91 Å². The van der Waals surface area contributed by atoms with Gasteiger partial charge in [-0.2, -0.15) is 0 Å². The molecule has 0 saturated heterocycles. The Hall–Kier alpha value is -2.71. The lowest BCUT2D eigenvalue weighted by Crippen LogP contribution is -2.44. The molecule has 0 aliphatic carbocycles. The number of hydrogen-bond acceptors (Lipinski definition) is 7. The molecule has 0 unspecified atom stereocenters. The molecular weight excluding hydrogens is 304 g/mol. The van der Waals surface area contributed by atoms with Crippen molar-refractivity contribution in [1.82, 2.24) is 10.3 Å². The summed E-state index contributed by atoms with van der Waals surface area (Å²) in [5.74, 6) is -0.366. The minimum atomic E-state index is -0.709. The SMILES string of the molecule is COC(=O)[C@H](CC(C)C)NC(=O)CNc1ccc([N+](=O)[O-])cn1. The van der Waals surface area contributed by atoms with Crippen LogP contribution in [0.2, 0.25) is 0 Å².